The van der Waals surface area contributed by atoms with E-state index in [1.54, 1.807) is 32.1 Å². The molecule has 2 aromatic heterocycles. The lowest BCUT2D eigenvalue weighted by Gasteiger charge is -2.25. The van der Waals surface area contributed by atoms with Crippen molar-refractivity contribution in [1.29, 1.82) is 0 Å². The molecule has 4 aromatic rings. The molecule has 0 saturated heterocycles. The van der Waals surface area contributed by atoms with E-state index in [9.17, 15) is 9.59 Å². The van der Waals surface area contributed by atoms with Gasteiger partial charge in [-0.2, -0.15) is 0 Å². The Hall–Kier alpha value is -2.95. The number of aromatic nitrogens is 1. The summed E-state index contributed by atoms with van der Waals surface area (Å²) in [6, 6.07) is 18.1. The number of rotatable bonds is 5. The third-order valence-corrected chi connectivity index (χ3v) is 7.79. The summed E-state index contributed by atoms with van der Waals surface area (Å²) in [4.78, 5) is 31.7. The van der Waals surface area contributed by atoms with Crippen molar-refractivity contribution in [2.24, 2.45) is 4.99 Å². The third kappa shape index (κ3) is 4.60. The molecule has 0 N–H and O–H groups in total. The summed E-state index contributed by atoms with van der Waals surface area (Å²) >= 11 is 10.0. The van der Waals surface area contributed by atoms with Crippen LogP contribution in [-0.4, -0.2) is 17.1 Å². The highest BCUT2D eigenvalue weighted by molar-refractivity contribution is 14.1. The van der Waals surface area contributed by atoms with Crippen LogP contribution in [-0.2, 0) is 9.53 Å². The number of ether oxygens (including phenoxy) is 1. The molecule has 0 fully saturated rings. The molecular weight excluding hydrogens is 611 g/mol. The second-order valence-electron chi connectivity index (χ2n) is 8.03. The fourth-order valence-electron chi connectivity index (χ4n) is 4.11. The molecule has 2 aromatic carbocycles. The van der Waals surface area contributed by atoms with Crippen LogP contribution in [0.1, 0.15) is 31.2 Å². The topological polar surface area (TPSA) is 73.8 Å². The Kier molecular flexibility index (Phi) is 7.00. The van der Waals surface area contributed by atoms with Crippen LogP contribution in [0.4, 0.5) is 0 Å². The Balaban J connectivity index is 1.65. The normalized spacial score (nSPS) is 15.6. The van der Waals surface area contributed by atoms with E-state index >= 15 is 0 Å². The fraction of sp³-hybridized carbons (Fsp3) is 0.148. The van der Waals surface area contributed by atoms with Gasteiger partial charge < -0.3 is 9.15 Å². The van der Waals surface area contributed by atoms with Gasteiger partial charge in [-0.3, -0.25) is 9.36 Å². The lowest BCUT2D eigenvalue weighted by atomic mass is 9.96. The lowest BCUT2D eigenvalue weighted by Crippen LogP contribution is -2.40. The maximum absolute atomic E-state index is 13.7. The van der Waals surface area contributed by atoms with Crippen molar-refractivity contribution in [2.75, 3.05) is 6.61 Å². The molecule has 1 aliphatic rings. The molecule has 0 aliphatic carbocycles. The highest BCUT2D eigenvalue weighted by atomic mass is 127. The van der Waals surface area contributed by atoms with Gasteiger partial charge in [0.15, 0.2) is 4.80 Å². The van der Waals surface area contributed by atoms with E-state index in [2.05, 4.69) is 27.6 Å². The number of furan rings is 1. The molecule has 0 unspecified atom stereocenters. The lowest BCUT2D eigenvalue weighted by molar-refractivity contribution is -0.139. The zero-order valence-electron chi connectivity index (χ0n) is 19.3. The Labute approximate surface area is 229 Å². The van der Waals surface area contributed by atoms with E-state index in [-0.39, 0.29) is 12.2 Å². The standard InChI is InChI=1S/C27H20ClIN2O4S/c1-3-34-26(33)23-15(2)30-27-31(24(23)19-6-4-5-7-20(19)28)25(32)22(36-27)14-18-12-13-21(35-18)16-8-10-17(29)11-9-16/h4-14,24H,3H2,1-2H3/b22-14-/t24-/m0/s1. The first-order valence-corrected chi connectivity index (χ1v) is 13.4. The number of hydrogen-bond donors (Lipinski definition) is 0. The summed E-state index contributed by atoms with van der Waals surface area (Å²) in [6.07, 6.45) is 1.70. The van der Waals surface area contributed by atoms with Gasteiger partial charge in [0.1, 0.15) is 17.6 Å². The van der Waals surface area contributed by atoms with E-state index in [1.807, 2.05) is 48.5 Å². The average Bonchev–Trinajstić information content (AvgIpc) is 3.44. The number of allylic oxidation sites excluding steroid dienone is 1. The molecule has 0 radical (unpaired) electrons. The summed E-state index contributed by atoms with van der Waals surface area (Å²) in [7, 11) is 0. The number of nitrogens with zero attached hydrogens (tertiary/aromatic N) is 2. The SMILES string of the molecule is CCOC(=O)C1=C(C)N=c2s/c(=C\c3ccc(-c4ccc(I)cc4)o3)c(=O)n2[C@H]1c1ccccc1Cl. The van der Waals surface area contributed by atoms with Crippen LogP contribution in [0, 0.1) is 3.57 Å². The van der Waals surface area contributed by atoms with Gasteiger partial charge in [0, 0.05) is 20.2 Å². The Morgan fingerprint density at radius 2 is 1.94 bits per heavy atom. The summed E-state index contributed by atoms with van der Waals surface area (Å²) in [5.74, 6) is 0.732. The highest BCUT2D eigenvalue weighted by Crippen LogP contribution is 2.34. The van der Waals surface area contributed by atoms with Crippen molar-refractivity contribution in [3.8, 4) is 11.3 Å². The number of hydrogen-bond acceptors (Lipinski definition) is 6. The molecule has 0 saturated carbocycles. The van der Waals surface area contributed by atoms with Crippen molar-refractivity contribution < 1.29 is 13.9 Å². The molecule has 3 heterocycles. The number of halogens is 2. The van der Waals surface area contributed by atoms with E-state index in [0.717, 1.165) is 9.13 Å². The second kappa shape index (κ2) is 10.2. The number of fused-ring (bicyclic) bond motifs is 1. The maximum Gasteiger partial charge on any atom is 0.338 e. The molecule has 6 nitrogen and oxygen atoms in total. The Morgan fingerprint density at radius 3 is 2.67 bits per heavy atom. The van der Waals surface area contributed by atoms with Gasteiger partial charge in [-0.1, -0.05) is 53.3 Å². The van der Waals surface area contributed by atoms with Crippen LogP contribution >= 0.6 is 45.5 Å². The van der Waals surface area contributed by atoms with E-state index in [0.29, 0.717) is 42.7 Å². The van der Waals surface area contributed by atoms with Crippen molar-refractivity contribution in [2.45, 2.75) is 19.9 Å². The molecule has 182 valence electrons. The molecule has 5 rings (SSSR count). The predicted molar refractivity (Wildman–Crippen MR) is 149 cm³/mol. The smallest absolute Gasteiger partial charge is 0.338 e. The molecule has 0 spiro atoms. The minimum Gasteiger partial charge on any atom is -0.463 e. The quantitative estimate of drug-likeness (QED) is 0.221. The number of carbonyl (C=O) groups excluding carboxylic acids is 1. The van der Waals surface area contributed by atoms with E-state index in [1.165, 1.54) is 15.9 Å². The van der Waals surface area contributed by atoms with Crippen LogP contribution in [0.3, 0.4) is 0 Å². The van der Waals surface area contributed by atoms with Gasteiger partial charge in [0.25, 0.3) is 5.56 Å². The van der Waals surface area contributed by atoms with Crippen molar-refractivity contribution >= 4 is 57.6 Å². The first kappa shape index (κ1) is 24.7. The van der Waals surface area contributed by atoms with Crippen LogP contribution in [0.5, 0.6) is 0 Å². The zero-order chi connectivity index (χ0) is 25.4. The molecule has 1 aliphatic heterocycles. The average molecular weight is 631 g/mol. The predicted octanol–water partition coefficient (Wildman–Crippen LogP) is 5.32. The number of benzene rings is 2. The first-order valence-electron chi connectivity index (χ1n) is 11.2. The summed E-state index contributed by atoms with van der Waals surface area (Å²) in [5.41, 5.74) is 2.08. The number of carbonyl (C=O) groups is 1. The van der Waals surface area contributed by atoms with Gasteiger partial charge in [-0.15, -0.1) is 0 Å². The van der Waals surface area contributed by atoms with Crippen LogP contribution in [0.25, 0.3) is 17.4 Å². The zero-order valence-corrected chi connectivity index (χ0v) is 23.1. The van der Waals surface area contributed by atoms with Crippen molar-refractivity contribution in [3.05, 3.63) is 112 Å². The van der Waals surface area contributed by atoms with Gasteiger partial charge in [0.2, 0.25) is 0 Å². The second-order valence-corrected chi connectivity index (χ2v) is 10.7. The van der Waals surface area contributed by atoms with Gasteiger partial charge in [0.05, 0.1) is 22.4 Å². The minimum absolute atomic E-state index is 0.205. The van der Waals surface area contributed by atoms with E-state index in [4.69, 9.17) is 20.8 Å². The summed E-state index contributed by atoms with van der Waals surface area (Å²) < 4.78 is 14.4. The maximum atomic E-state index is 13.7. The number of thiazole rings is 1. The summed E-state index contributed by atoms with van der Waals surface area (Å²) in [5, 5.41) is 0.446. The minimum atomic E-state index is -0.755. The molecular formula is C27H20ClIN2O4S. The van der Waals surface area contributed by atoms with Crippen LogP contribution < -0.4 is 14.9 Å². The molecule has 9 heteroatoms. The van der Waals surface area contributed by atoms with E-state index < -0.39 is 12.0 Å². The third-order valence-electron chi connectivity index (χ3n) is 5.75. The monoisotopic (exact) mass is 630 g/mol. The van der Waals surface area contributed by atoms with Crippen molar-refractivity contribution in [3.63, 3.8) is 0 Å². The molecule has 1 atom stereocenters. The fourth-order valence-corrected chi connectivity index (χ4v) is 5.74. The van der Waals surface area contributed by atoms with Crippen LogP contribution in [0.2, 0.25) is 5.02 Å². The molecule has 0 bridgehead atoms. The Bertz CT molecular complexity index is 1680. The number of esters is 1. The van der Waals surface area contributed by atoms with Gasteiger partial charge >= 0.3 is 5.97 Å². The summed E-state index contributed by atoms with van der Waals surface area (Å²) in [6.45, 7) is 3.69. The highest BCUT2D eigenvalue weighted by Gasteiger charge is 2.34. The largest absolute Gasteiger partial charge is 0.463 e. The van der Waals surface area contributed by atoms with Gasteiger partial charge in [-0.25, -0.2) is 9.79 Å². The van der Waals surface area contributed by atoms with Gasteiger partial charge in [-0.05, 0) is 72.3 Å². The molecule has 36 heavy (non-hydrogen) atoms. The molecule has 0 amide bonds. The Morgan fingerprint density at radius 1 is 1.19 bits per heavy atom. The first-order chi connectivity index (χ1) is 17.4. The van der Waals surface area contributed by atoms with Crippen LogP contribution in [0.15, 0.2) is 86.1 Å². The van der Waals surface area contributed by atoms with Crippen molar-refractivity contribution in [1.82, 2.24) is 4.57 Å².